The maximum absolute atomic E-state index is 17.0. The van der Waals surface area contributed by atoms with Gasteiger partial charge in [0.05, 0.1) is 23.0 Å². The molecule has 2 aromatic heterocycles. The number of pyridine rings is 1. The van der Waals surface area contributed by atoms with Crippen LogP contribution in [0, 0.1) is 24.0 Å². The Morgan fingerprint density at radius 2 is 1.94 bits per heavy atom. The lowest BCUT2D eigenvalue weighted by Gasteiger charge is -2.41. The molecular weight excluding hydrogens is 647 g/mol. The number of amides is 1. The van der Waals surface area contributed by atoms with E-state index in [1.54, 1.807) is 19.0 Å². The number of hydrogen-bond acceptors (Lipinski definition) is 9. The fourth-order valence-electron chi connectivity index (χ4n) is 8.63. The Kier molecular flexibility index (Phi) is 7.99. The molecule has 13 heteroatoms. The van der Waals surface area contributed by atoms with Crippen LogP contribution in [-0.2, 0) is 4.79 Å². The molecule has 4 saturated heterocycles. The number of carbonyl (C=O) groups is 1. The monoisotopic (exact) mass is 685 g/mol. The standard InChI is InChI=1S/C37H38F3N7O3/c1-4-26-29(39)9-6-21-12-25(48)13-27(31(21)26)33-32(40)34-28(15-41-33)35(45-17-23-7-8-24(18-45)47(23)19-30(49)44(2)3)43-36(42-34)50-20-37-10-5-11-46(37)16-22(38)14-37/h1,6,9,12-13,15,22-24,48H,5,7-8,10-11,14,16-20H2,2-3H3/t22-,23?,24?,37+/m1/s1. The smallest absolute Gasteiger partial charge is 0.319 e. The van der Waals surface area contributed by atoms with Crippen molar-refractivity contribution in [2.75, 3.05) is 58.3 Å². The van der Waals surface area contributed by atoms with Gasteiger partial charge in [-0.25, -0.2) is 13.2 Å². The van der Waals surface area contributed by atoms with Crippen molar-refractivity contribution >= 4 is 33.4 Å². The number of alkyl halides is 1. The van der Waals surface area contributed by atoms with Crippen molar-refractivity contribution in [2.24, 2.45) is 0 Å². The molecule has 4 atom stereocenters. The number of aromatic nitrogens is 3. The fraction of sp³-hybridized carbons (Fsp3) is 0.459. The molecule has 0 spiro atoms. The first-order valence-corrected chi connectivity index (χ1v) is 17.1. The minimum absolute atomic E-state index is 0.0347. The molecule has 260 valence electrons. The third-order valence-corrected chi connectivity index (χ3v) is 11.1. The molecule has 2 aromatic carbocycles. The molecule has 50 heavy (non-hydrogen) atoms. The minimum Gasteiger partial charge on any atom is -0.508 e. The fourth-order valence-corrected chi connectivity index (χ4v) is 8.63. The van der Waals surface area contributed by atoms with E-state index < -0.39 is 23.3 Å². The highest BCUT2D eigenvalue weighted by atomic mass is 19.1. The van der Waals surface area contributed by atoms with Crippen molar-refractivity contribution in [1.29, 1.82) is 0 Å². The van der Waals surface area contributed by atoms with Gasteiger partial charge < -0.3 is 19.6 Å². The predicted molar refractivity (Wildman–Crippen MR) is 183 cm³/mol. The Hall–Kier alpha value is -4.67. The van der Waals surface area contributed by atoms with Crippen LogP contribution in [0.2, 0.25) is 0 Å². The maximum Gasteiger partial charge on any atom is 0.319 e. The van der Waals surface area contributed by atoms with Crippen LogP contribution in [-0.4, -0.2) is 118 Å². The van der Waals surface area contributed by atoms with Crippen molar-refractivity contribution in [2.45, 2.75) is 55.9 Å². The first-order chi connectivity index (χ1) is 24.0. The summed E-state index contributed by atoms with van der Waals surface area (Å²) in [5.41, 5.74) is -0.652. The number of terminal acetylenes is 1. The summed E-state index contributed by atoms with van der Waals surface area (Å²) in [5, 5.41) is 11.6. The Morgan fingerprint density at radius 3 is 2.68 bits per heavy atom. The SMILES string of the molecule is C#Cc1c(F)ccc2cc(O)cc(-c3ncc4c(N5CC6CCC(C5)N6CC(=O)N(C)C)nc(OC[C@@]56CCCN5C[C@H](F)C6)nc4c3F)c12. The molecule has 2 unspecified atom stereocenters. The van der Waals surface area contributed by atoms with E-state index in [2.05, 4.69) is 30.6 Å². The second-order valence-electron chi connectivity index (χ2n) is 14.3. The van der Waals surface area contributed by atoms with Crippen LogP contribution in [0.3, 0.4) is 0 Å². The van der Waals surface area contributed by atoms with Crippen LogP contribution < -0.4 is 9.64 Å². The van der Waals surface area contributed by atoms with Crippen molar-refractivity contribution in [3.05, 3.63) is 47.7 Å². The number of aromatic hydroxyl groups is 1. The molecule has 0 aliphatic carbocycles. The number of phenolic OH excluding ortho intramolecular Hbond substituents is 1. The highest BCUT2D eigenvalue weighted by Crippen LogP contribution is 2.42. The molecule has 1 amide bonds. The van der Waals surface area contributed by atoms with E-state index in [1.807, 2.05) is 0 Å². The minimum atomic E-state index is -0.945. The van der Waals surface area contributed by atoms with Crippen molar-refractivity contribution in [3.8, 4) is 35.4 Å². The number of benzene rings is 2. The Bertz CT molecular complexity index is 2060. The van der Waals surface area contributed by atoms with Gasteiger partial charge in [-0.3, -0.25) is 19.6 Å². The third kappa shape index (κ3) is 5.36. The van der Waals surface area contributed by atoms with Crippen molar-refractivity contribution < 1.29 is 27.8 Å². The number of ether oxygens (including phenoxy) is 1. The number of anilines is 1. The van der Waals surface area contributed by atoms with E-state index in [1.165, 1.54) is 30.5 Å². The number of nitrogens with zero attached hydrogens (tertiary/aromatic N) is 7. The van der Waals surface area contributed by atoms with Gasteiger partial charge in [0, 0.05) is 69.4 Å². The normalized spacial score (nSPS) is 25.0. The lowest BCUT2D eigenvalue weighted by molar-refractivity contribution is -0.130. The number of fused-ring (bicyclic) bond motifs is 5. The van der Waals surface area contributed by atoms with Crippen LogP contribution in [0.4, 0.5) is 19.0 Å². The zero-order valence-electron chi connectivity index (χ0n) is 28.0. The zero-order valence-corrected chi connectivity index (χ0v) is 28.0. The summed E-state index contributed by atoms with van der Waals surface area (Å²) < 4.78 is 52.7. The Labute approximate surface area is 287 Å². The van der Waals surface area contributed by atoms with Gasteiger partial charge in [-0.15, -0.1) is 6.42 Å². The molecule has 0 radical (unpaired) electrons. The van der Waals surface area contributed by atoms with Gasteiger partial charge in [-0.05, 0) is 55.8 Å². The number of rotatable bonds is 7. The van der Waals surface area contributed by atoms with Gasteiger partial charge >= 0.3 is 6.01 Å². The van der Waals surface area contributed by atoms with Gasteiger partial charge in [-0.1, -0.05) is 12.0 Å². The average molecular weight is 686 g/mol. The molecule has 0 saturated carbocycles. The number of carbonyl (C=O) groups excluding carboxylic acids is 1. The average Bonchev–Trinajstić information content (AvgIpc) is 3.68. The number of likely N-dealkylation sites (N-methyl/N-ethyl adjacent to an activating group) is 1. The van der Waals surface area contributed by atoms with E-state index in [9.17, 15) is 18.7 Å². The van der Waals surface area contributed by atoms with Gasteiger partial charge in [0.1, 0.15) is 41.4 Å². The number of phenols is 1. The van der Waals surface area contributed by atoms with Crippen molar-refractivity contribution in [3.63, 3.8) is 0 Å². The summed E-state index contributed by atoms with van der Waals surface area (Å²) in [7, 11) is 3.50. The van der Waals surface area contributed by atoms with E-state index in [4.69, 9.17) is 16.1 Å². The molecule has 4 aliphatic heterocycles. The van der Waals surface area contributed by atoms with Crippen LogP contribution in [0.25, 0.3) is 32.9 Å². The van der Waals surface area contributed by atoms with E-state index >= 15 is 4.39 Å². The molecule has 10 nitrogen and oxygen atoms in total. The summed E-state index contributed by atoms with van der Waals surface area (Å²) in [6.45, 7) is 2.73. The second-order valence-corrected chi connectivity index (χ2v) is 14.3. The van der Waals surface area contributed by atoms with Crippen LogP contribution in [0.5, 0.6) is 11.8 Å². The zero-order chi connectivity index (χ0) is 34.9. The van der Waals surface area contributed by atoms with Gasteiger partial charge in [-0.2, -0.15) is 9.97 Å². The molecule has 4 fully saturated rings. The molecule has 4 aromatic rings. The lowest BCUT2D eigenvalue weighted by Crippen LogP contribution is -2.56. The van der Waals surface area contributed by atoms with Gasteiger partial charge in [0.25, 0.3) is 0 Å². The molecule has 1 N–H and O–H groups in total. The molecule has 2 bridgehead atoms. The molecule has 8 rings (SSSR count). The number of hydrogen-bond donors (Lipinski definition) is 1. The summed E-state index contributed by atoms with van der Waals surface area (Å²) in [6.07, 6.45) is 10.1. The Morgan fingerprint density at radius 1 is 1.16 bits per heavy atom. The van der Waals surface area contributed by atoms with Crippen LogP contribution in [0.15, 0.2) is 30.5 Å². The van der Waals surface area contributed by atoms with E-state index in [0.29, 0.717) is 49.2 Å². The third-order valence-electron chi connectivity index (χ3n) is 11.1. The highest BCUT2D eigenvalue weighted by Gasteiger charge is 2.49. The van der Waals surface area contributed by atoms with Gasteiger partial charge in [0.2, 0.25) is 5.91 Å². The number of halogens is 3. The molecular formula is C37H38F3N7O3. The summed E-state index contributed by atoms with van der Waals surface area (Å²) >= 11 is 0. The quantitative estimate of drug-likeness (QED) is 0.282. The topological polar surface area (TPSA) is 98.2 Å². The first-order valence-electron chi connectivity index (χ1n) is 17.1. The largest absolute Gasteiger partial charge is 0.508 e. The number of piperazine rings is 1. The lowest BCUT2D eigenvalue weighted by atomic mass is 9.95. The molecule has 6 heterocycles. The Balaban J connectivity index is 1.23. The van der Waals surface area contributed by atoms with Crippen molar-refractivity contribution in [1.82, 2.24) is 29.7 Å². The summed E-state index contributed by atoms with van der Waals surface area (Å²) in [5.74, 6) is 1.22. The summed E-state index contributed by atoms with van der Waals surface area (Å²) in [4.78, 5) is 34.6. The second kappa shape index (κ2) is 12.3. The molecule has 4 aliphatic rings. The van der Waals surface area contributed by atoms with E-state index in [-0.39, 0.29) is 64.1 Å². The van der Waals surface area contributed by atoms with Gasteiger partial charge in [0.15, 0.2) is 5.82 Å². The van der Waals surface area contributed by atoms with Crippen LogP contribution >= 0.6 is 0 Å². The predicted octanol–water partition coefficient (Wildman–Crippen LogP) is 4.51. The highest BCUT2D eigenvalue weighted by molar-refractivity contribution is 6.03. The summed E-state index contributed by atoms with van der Waals surface area (Å²) in [6, 6.07) is 5.56. The van der Waals surface area contributed by atoms with Crippen LogP contribution in [0.1, 0.15) is 37.7 Å². The first kappa shape index (κ1) is 32.5. The maximum atomic E-state index is 17.0. The van der Waals surface area contributed by atoms with E-state index in [0.717, 1.165) is 32.2 Å².